The molecule has 0 aliphatic heterocycles. The summed E-state index contributed by atoms with van der Waals surface area (Å²) in [6.45, 7) is 7.75. The van der Waals surface area contributed by atoms with E-state index in [4.69, 9.17) is 25.9 Å². The van der Waals surface area contributed by atoms with Crippen molar-refractivity contribution < 1.29 is 14.3 Å². The van der Waals surface area contributed by atoms with E-state index in [1.807, 2.05) is 32.9 Å². The Morgan fingerprint density at radius 2 is 2.03 bits per heavy atom. The van der Waals surface area contributed by atoms with Crippen LogP contribution in [-0.2, 0) is 6.54 Å². The van der Waals surface area contributed by atoms with Crippen LogP contribution in [0.2, 0.25) is 5.15 Å². The monoisotopic (exact) mass is 453 g/mol. The van der Waals surface area contributed by atoms with Crippen LogP contribution in [0.3, 0.4) is 0 Å². The van der Waals surface area contributed by atoms with E-state index >= 15 is 0 Å². The van der Waals surface area contributed by atoms with Gasteiger partial charge in [-0.05, 0) is 57.5 Å². The number of aliphatic hydroxyl groups is 1. The lowest BCUT2D eigenvalue weighted by Crippen LogP contribution is -2.11. The number of benzene rings is 1. The molecule has 7 nitrogen and oxygen atoms in total. The summed E-state index contributed by atoms with van der Waals surface area (Å²) in [6, 6.07) is 7.25. The maximum absolute atomic E-state index is 13.2. The van der Waals surface area contributed by atoms with E-state index in [0.29, 0.717) is 51.0 Å². The fraction of sp³-hybridized carbons (Fsp3) is 0.292. The van der Waals surface area contributed by atoms with E-state index in [0.717, 1.165) is 11.1 Å². The molecule has 0 unspecified atom stereocenters. The zero-order valence-corrected chi connectivity index (χ0v) is 19.1. The number of ether oxygens (including phenoxy) is 1. The molecule has 1 atom stereocenters. The minimum atomic E-state index is -0.408. The summed E-state index contributed by atoms with van der Waals surface area (Å²) in [4.78, 5) is 17.5. The smallest absolute Gasteiger partial charge is 0.196 e. The van der Waals surface area contributed by atoms with E-state index < -0.39 is 6.10 Å². The zero-order valence-electron chi connectivity index (χ0n) is 18.3. The van der Waals surface area contributed by atoms with Gasteiger partial charge in [0, 0.05) is 17.3 Å². The van der Waals surface area contributed by atoms with Crippen LogP contribution in [0, 0.1) is 20.8 Å². The Morgan fingerprint density at radius 3 is 2.75 bits per heavy atom. The largest absolute Gasteiger partial charge is 0.484 e. The molecule has 166 valence electrons. The van der Waals surface area contributed by atoms with Crippen molar-refractivity contribution in [2.24, 2.45) is 0 Å². The summed E-state index contributed by atoms with van der Waals surface area (Å²) in [7, 11) is 0. The number of pyridine rings is 1. The second-order valence-corrected chi connectivity index (χ2v) is 8.20. The highest BCUT2D eigenvalue weighted by Crippen LogP contribution is 2.33. The van der Waals surface area contributed by atoms with Crippen molar-refractivity contribution in [2.75, 3.05) is 6.61 Å². The van der Waals surface area contributed by atoms with Crippen LogP contribution in [0.15, 0.2) is 45.9 Å². The van der Waals surface area contributed by atoms with Crippen LogP contribution < -0.4 is 10.2 Å². The van der Waals surface area contributed by atoms with Gasteiger partial charge in [-0.3, -0.25) is 9.48 Å². The van der Waals surface area contributed by atoms with E-state index in [-0.39, 0.29) is 12.0 Å². The first-order chi connectivity index (χ1) is 15.3. The summed E-state index contributed by atoms with van der Waals surface area (Å²) >= 11 is 5.96. The molecule has 0 spiro atoms. The van der Waals surface area contributed by atoms with Crippen LogP contribution in [0.1, 0.15) is 35.4 Å². The molecule has 0 radical (unpaired) electrons. The number of nitrogens with zero attached hydrogens (tertiary/aromatic N) is 3. The van der Waals surface area contributed by atoms with Gasteiger partial charge < -0.3 is 14.3 Å². The van der Waals surface area contributed by atoms with E-state index in [1.54, 1.807) is 36.1 Å². The Hall–Kier alpha value is -3.16. The first-order valence-electron chi connectivity index (χ1n) is 10.3. The highest BCUT2D eigenvalue weighted by atomic mass is 35.5. The Balaban J connectivity index is 1.85. The zero-order chi connectivity index (χ0) is 23.0. The second-order valence-electron chi connectivity index (χ2n) is 7.81. The maximum Gasteiger partial charge on any atom is 0.196 e. The van der Waals surface area contributed by atoms with Gasteiger partial charge in [-0.25, -0.2) is 4.98 Å². The minimum absolute atomic E-state index is 0.0287. The van der Waals surface area contributed by atoms with E-state index in [9.17, 15) is 4.79 Å². The lowest BCUT2D eigenvalue weighted by atomic mass is 10.0. The first-order valence-corrected chi connectivity index (χ1v) is 10.7. The summed E-state index contributed by atoms with van der Waals surface area (Å²) in [5, 5.41) is 14.3. The molecule has 8 heteroatoms. The van der Waals surface area contributed by atoms with Crippen molar-refractivity contribution in [3.63, 3.8) is 0 Å². The first kappa shape index (κ1) is 22.0. The second kappa shape index (κ2) is 8.76. The SMILES string of the molecule is Cc1cc([C@@H](C)Oc2ccc(Cl)nc2C)c2oc(-c3cnn(CCO)c3)c(C)c(=O)c2c1. The predicted octanol–water partition coefficient (Wildman–Crippen LogP) is 4.76. The number of fused-ring (bicyclic) bond motifs is 1. The third-order valence-electron chi connectivity index (χ3n) is 5.36. The van der Waals surface area contributed by atoms with Crippen molar-refractivity contribution >= 4 is 22.6 Å². The number of aliphatic hydroxyl groups excluding tert-OH is 1. The van der Waals surface area contributed by atoms with Gasteiger partial charge in [-0.15, -0.1) is 0 Å². The van der Waals surface area contributed by atoms with E-state index in [1.165, 1.54) is 0 Å². The van der Waals surface area contributed by atoms with Crippen LogP contribution in [-0.4, -0.2) is 26.5 Å². The summed E-state index contributed by atoms with van der Waals surface area (Å²) in [6.07, 6.45) is 2.97. The number of hydrogen-bond acceptors (Lipinski definition) is 6. The molecule has 0 fully saturated rings. The molecule has 0 aliphatic carbocycles. The van der Waals surface area contributed by atoms with Crippen molar-refractivity contribution in [3.8, 4) is 17.1 Å². The fourth-order valence-electron chi connectivity index (χ4n) is 3.75. The van der Waals surface area contributed by atoms with Gasteiger partial charge in [0.1, 0.15) is 28.3 Å². The normalized spacial score (nSPS) is 12.3. The Labute approximate surface area is 190 Å². The highest BCUT2D eigenvalue weighted by Gasteiger charge is 2.21. The molecular weight excluding hydrogens is 430 g/mol. The highest BCUT2D eigenvalue weighted by molar-refractivity contribution is 6.29. The standard InChI is InChI=1S/C24H24ClN3O4/c1-13-9-18(16(4)31-20-5-6-21(25)27-15(20)3)24-19(10-13)22(30)14(2)23(32-24)17-11-26-28(12-17)7-8-29/h5-6,9-12,16,29H,7-8H2,1-4H3/t16-/m1/s1. The summed E-state index contributed by atoms with van der Waals surface area (Å²) < 4.78 is 14.1. The Morgan fingerprint density at radius 1 is 1.25 bits per heavy atom. The molecule has 32 heavy (non-hydrogen) atoms. The summed E-state index contributed by atoms with van der Waals surface area (Å²) in [5.41, 5.74) is 3.92. The Kier molecular flexibility index (Phi) is 6.04. The molecular formula is C24H24ClN3O4. The van der Waals surface area contributed by atoms with Crippen LogP contribution >= 0.6 is 11.6 Å². The number of halogens is 1. The van der Waals surface area contributed by atoms with Crippen molar-refractivity contribution in [1.29, 1.82) is 0 Å². The molecule has 0 aliphatic rings. The van der Waals surface area contributed by atoms with Crippen LogP contribution in [0.25, 0.3) is 22.3 Å². The van der Waals surface area contributed by atoms with Crippen molar-refractivity contribution in [1.82, 2.24) is 14.8 Å². The molecule has 0 bridgehead atoms. The molecule has 0 saturated carbocycles. The minimum Gasteiger partial charge on any atom is -0.484 e. The molecule has 1 N–H and O–H groups in total. The fourth-order valence-corrected chi connectivity index (χ4v) is 3.94. The lowest BCUT2D eigenvalue weighted by Gasteiger charge is -2.19. The van der Waals surface area contributed by atoms with Crippen LogP contribution in [0.4, 0.5) is 0 Å². The van der Waals surface area contributed by atoms with Gasteiger partial charge in [0.2, 0.25) is 0 Å². The number of hydrogen-bond donors (Lipinski definition) is 1. The van der Waals surface area contributed by atoms with Gasteiger partial charge in [-0.1, -0.05) is 11.6 Å². The van der Waals surface area contributed by atoms with Gasteiger partial charge in [0.05, 0.1) is 36.0 Å². The van der Waals surface area contributed by atoms with Gasteiger partial charge >= 0.3 is 0 Å². The molecule has 4 aromatic rings. The number of aryl methyl sites for hydroxylation is 2. The molecule has 3 heterocycles. The topological polar surface area (TPSA) is 90.4 Å². The van der Waals surface area contributed by atoms with E-state index in [2.05, 4.69) is 10.1 Å². The molecule has 0 amide bonds. The molecule has 3 aromatic heterocycles. The third-order valence-corrected chi connectivity index (χ3v) is 5.57. The van der Waals surface area contributed by atoms with Crippen molar-refractivity contribution in [3.05, 3.63) is 74.4 Å². The lowest BCUT2D eigenvalue weighted by molar-refractivity contribution is 0.224. The van der Waals surface area contributed by atoms with Crippen LogP contribution in [0.5, 0.6) is 5.75 Å². The van der Waals surface area contributed by atoms with Gasteiger partial charge in [-0.2, -0.15) is 5.10 Å². The van der Waals surface area contributed by atoms with Gasteiger partial charge in [0.15, 0.2) is 5.43 Å². The third kappa shape index (κ3) is 4.13. The van der Waals surface area contributed by atoms with Crippen molar-refractivity contribution in [2.45, 2.75) is 40.3 Å². The number of rotatable bonds is 6. The average Bonchev–Trinajstić information content (AvgIpc) is 3.21. The van der Waals surface area contributed by atoms with Gasteiger partial charge in [0.25, 0.3) is 0 Å². The molecule has 0 saturated heterocycles. The maximum atomic E-state index is 13.2. The Bertz CT molecular complexity index is 1360. The summed E-state index contributed by atoms with van der Waals surface area (Å²) in [5.74, 6) is 1.06. The predicted molar refractivity (Wildman–Crippen MR) is 123 cm³/mol. The number of aromatic nitrogens is 3. The average molecular weight is 454 g/mol. The molecule has 4 rings (SSSR count). The quantitative estimate of drug-likeness (QED) is 0.423. The molecule has 1 aromatic carbocycles.